The minimum Gasteiger partial charge on any atom is -0.345 e. The number of nitrogens with one attached hydrogen (secondary N) is 1. The summed E-state index contributed by atoms with van der Waals surface area (Å²) in [6, 6.07) is 14.2. The minimum absolute atomic E-state index is 0.169. The van der Waals surface area contributed by atoms with Crippen molar-refractivity contribution < 1.29 is 9.18 Å². The Kier molecular flexibility index (Phi) is 5.40. The van der Waals surface area contributed by atoms with Crippen LogP contribution in [0, 0.1) is 26.6 Å². The molecular formula is C22H24FN3O. The summed E-state index contributed by atoms with van der Waals surface area (Å²) in [5, 5.41) is 7.53. The number of amides is 1. The molecule has 0 radical (unpaired) electrons. The maximum Gasteiger partial charge on any atom is 0.255 e. The molecule has 3 rings (SSSR count). The summed E-state index contributed by atoms with van der Waals surface area (Å²) < 4.78 is 14.9. The molecule has 1 atom stereocenters. The normalized spacial score (nSPS) is 12.0. The number of halogens is 1. The summed E-state index contributed by atoms with van der Waals surface area (Å²) >= 11 is 0. The largest absolute Gasteiger partial charge is 0.345 e. The summed E-state index contributed by atoms with van der Waals surface area (Å²) in [6.45, 7) is 8.31. The van der Waals surface area contributed by atoms with Crippen LogP contribution in [0.4, 0.5) is 4.39 Å². The van der Waals surface area contributed by atoms with Gasteiger partial charge in [-0.3, -0.25) is 9.48 Å². The Morgan fingerprint density at radius 3 is 2.33 bits per heavy atom. The van der Waals surface area contributed by atoms with Crippen LogP contribution >= 0.6 is 0 Å². The van der Waals surface area contributed by atoms with Crippen molar-refractivity contribution in [2.75, 3.05) is 0 Å². The molecule has 4 nitrogen and oxygen atoms in total. The van der Waals surface area contributed by atoms with Gasteiger partial charge in [0.1, 0.15) is 5.82 Å². The highest BCUT2D eigenvalue weighted by molar-refractivity contribution is 5.96. The second kappa shape index (κ2) is 7.74. The van der Waals surface area contributed by atoms with Crippen molar-refractivity contribution >= 4 is 5.91 Å². The zero-order valence-corrected chi connectivity index (χ0v) is 16.1. The van der Waals surface area contributed by atoms with Crippen molar-refractivity contribution in [1.29, 1.82) is 0 Å². The zero-order valence-electron chi connectivity index (χ0n) is 16.1. The van der Waals surface area contributed by atoms with E-state index in [-0.39, 0.29) is 17.8 Å². The summed E-state index contributed by atoms with van der Waals surface area (Å²) in [5.41, 5.74) is 5.32. The van der Waals surface area contributed by atoms with Crippen LogP contribution in [0.3, 0.4) is 0 Å². The molecule has 3 aromatic rings. The monoisotopic (exact) mass is 365 g/mol. The lowest BCUT2D eigenvalue weighted by Crippen LogP contribution is -2.27. The van der Waals surface area contributed by atoms with E-state index in [1.165, 1.54) is 17.7 Å². The van der Waals surface area contributed by atoms with Crippen molar-refractivity contribution in [2.24, 2.45) is 0 Å². The summed E-state index contributed by atoms with van der Waals surface area (Å²) in [7, 11) is 0. The van der Waals surface area contributed by atoms with Crippen LogP contribution in [0.15, 0.2) is 48.5 Å². The quantitative estimate of drug-likeness (QED) is 0.724. The van der Waals surface area contributed by atoms with Crippen LogP contribution < -0.4 is 5.32 Å². The molecule has 5 heteroatoms. The molecule has 0 saturated carbocycles. The highest BCUT2D eigenvalue weighted by Crippen LogP contribution is 2.18. The van der Waals surface area contributed by atoms with E-state index in [9.17, 15) is 9.18 Å². The predicted molar refractivity (Wildman–Crippen MR) is 104 cm³/mol. The molecule has 0 aliphatic carbocycles. The molecule has 0 saturated heterocycles. The number of aryl methyl sites for hydroxylation is 2. The Balaban J connectivity index is 1.77. The van der Waals surface area contributed by atoms with Crippen molar-refractivity contribution in [2.45, 2.75) is 40.3 Å². The molecule has 1 unspecified atom stereocenters. The van der Waals surface area contributed by atoms with Crippen LogP contribution in [-0.4, -0.2) is 15.7 Å². The fourth-order valence-corrected chi connectivity index (χ4v) is 3.15. The van der Waals surface area contributed by atoms with Crippen molar-refractivity contribution in [1.82, 2.24) is 15.1 Å². The molecule has 1 aromatic heterocycles. The van der Waals surface area contributed by atoms with E-state index in [0.717, 1.165) is 16.8 Å². The van der Waals surface area contributed by atoms with Gasteiger partial charge in [-0.1, -0.05) is 42.0 Å². The zero-order chi connectivity index (χ0) is 19.6. The molecule has 1 heterocycles. The Hall–Kier alpha value is -2.95. The van der Waals surface area contributed by atoms with Gasteiger partial charge in [-0.05, 0) is 51.0 Å². The minimum atomic E-state index is -0.290. The highest BCUT2D eigenvalue weighted by Gasteiger charge is 2.20. The molecule has 0 aliphatic rings. The third-order valence-electron chi connectivity index (χ3n) is 4.78. The van der Waals surface area contributed by atoms with Gasteiger partial charge in [0.25, 0.3) is 5.91 Å². The van der Waals surface area contributed by atoms with Gasteiger partial charge < -0.3 is 5.32 Å². The van der Waals surface area contributed by atoms with E-state index in [0.29, 0.717) is 17.8 Å². The first kappa shape index (κ1) is 18.8. The van der Waals surface area contributed by atoms with Crippen LogP contribution in [-0.2, 0) is 6.54 Å². The van der Waals surface area contributed by atoms with Gasteiger partial charge in [-0.2, -0.15) is 5.10 Å². The van der Waals surface area contributed by atoms with Gasteiger partial charge in [0.15, 0.2) is 0 Å². The fraction of sp³-hybridized carbons (Fsp3) is 0.273. The molecule has 140 valence electrons. The number of aromatic nitrogens is 2. The van der Waals surface area contributed by atoms with E-state index < -0.39 is 0 Å². The maximum absolute atomic E-state index is 13.1. The molecule has 0 fully saturated rings. The SMILES string of the molecule is Cc1ccc(Cn2nc(C)c(C(=O)NC(C)c3ccc(F)cc3)c2C)cc1. The van der Waals surface area contributed by atoms with Crippen LogP contribution in [0.25, 0.3) is 0 Å². The van der Waals surface area contributed by atoms with Gasteiger partial charge in [0.05, 0.1) is 23.8 Å². The Bertz CT molecular complexity index is 943. The average Bonchev–Trinajstić information content (AvgIpc) is 2.91. The number of rotatable bonds is 5. The molecule has 1 N–H and O–H groups in total. The van der Waals surface area contributed by atoms with Gasteiger partial charge >= 0.3 is 0 Å². The van der Waals surface area contributed by atoms with Gasteiger partial charge in [0.2, 0.25) is 0 Å². The van der Waals surface area contributed by atoms with Gasteiger partial charge in [-0.25, -0.2) is 4.39 Å². The van der Waals surface area contributed by atoms with Crippen molar-refractivity contribution in [3.8, 4) is 0 Å². The average molecular weight is 365 g/mol. The van der Waals surface area contributed by atoms with Crippen LogP contribution in [0.2, 0.25) is 0 Å². The van der Waals surface area contributed by atoms with Gasteiger partial charge in [-0.15, -0.1) is 0 Å². The third kappa shape index (κ3) is 4.25. The molecule has 2 aromatic carbocycles. The van der Waals surface area contributed by atoms with E-state index in [4.69, 9.17) is 0 Å². The van der Waals surface area contributed by atoms with Crippen LogP contribution in [0.1, 0.15) is 51.4 Å². The van der Waals surface area contributed by atoms with E-state index >= 15 is 0 Å². The first-order valence-corrected chi connectivity index (χ1v) is 9.01. The summed E-state index contributed by atoms with van der Waals surface area (Å²) in [6.07, 6.45) is 0. The number of hydrogen-bond donors (Lipinski definition) is 1. The first-order chi connectivity index (χ1) is 12.8. The van der Waals surface area contributed by atoms with E-state index in [1.54, 1.807) is 12.1 Å². The number of hydrogen-bond acceptors (Lipinski definition) is 2. The smallest absolute Gasteiger partial charge is 0.255 e. The summed E-state index contributed by atoms with van der Waals surface area (Å²) in [5.74, 6) is -0.460. The van der Waals surface area contributed by atoms with Gasteiger partial charge in [0, 0.05) is 5.69 Å². The number of nitrogens with zero attached hydrogens (tertiary/aromatic N) is 2. The van der Waals surface area contributed by atoms with Crippen molar-refractivity contribution in [3.05, 3.63) is 88.0 Å². The first-order valence-electron chi connectivity index (χ1n) is 9.01. The highest BCUT2D eigenvalue weighted by atomic mass is 19.1. The lowest BCUT2D eigenvalue weighted by Gasteiger charge is -2.14. The van der Waals surface area contributed by atoms with Crippen molar-refractivity contribution in [3.63, 3.8) is 0 Å². The van der Waals surface area contributed by atoms with Crippen LogP contribution in [0.5, 0.6) is 0 Å². The Morgan fingerprint density at radius 2 is 1.70 bits per heavy atom. The predicted octanol–water partition coefficient (Wildman–Crippen LogP) is 4.49. The second-order valence-corrected chi connectivity index (χ2v) is 6.94. The molecule has 0 bridgehead atoms. The standard InChI is InChI=1S/C22H24FN3O/c1-14-5-7-18(8-6-14)13-26-17(4)21(16(3)25-26)22(27)24-15(2)19-9-11-20(23)12-10-19/h5-12,15H,13H2,1-4H3,(H,24,27). The maximum atomic E-state index is 13.1. The molecular weight excluding hydrogens is 341 g/mol. The summed E-state index contributed by atoms with van der Waals surface area (Å²) in [4.78, 5) is 12.8. The lowest BCUT2D eigenvalue weighted by atomic mass is 10.1. The second-order valence-electron chi connectivity index (χ2n) is 6.94. The van der Waals surface area contributed by atoms with E-state index in [1.807, 2.05) is 25.5 Å². The Labute approximate surface area is 159 Å². The molecule has 0 aliphatic heterocycles. The lowest BCUT2D eigenvalue weighted by molar-refractivity contribution is 0.0938. The number of carbonyl (C=O) groups is 1. The molecule has 1 amide bonds. The molecule has 27 heavy (non-hydrogen) atoms. The third-order valence-corrected chi connectivity index (χ3v) is 4.78. The number of carbonyl (C=O) groups excluding carboxylic acids is 1. The van der Waals surface area contributed by atoms with E-state index in [2.05, 4.69) is 41.6 Å². The molecule has 0 spiro atoms. The topological polar surface area (TPSA) is 46.9 Å². The Morgan fingerprint density at radius 1 is 1.07 bits per heavy atom. The fourth-order valence-electron chi connectivity index (χ4n) is 3.15. The number of benzene rings is 2.